The Morgan fingerprint density at radius 3 is 2.57 bits per heavy atom. The summed E-state index contributed by atoms with van der Waals surface area (Å²) in [6.45, 7) is 1.05. The maximum absolute atomic E-state index is 10.7. The molecule has 0 saturated heterocycles. The van der Waals surface area contributed by atoms with E-state index in [0.29, 0.717) is 5.56 Å². The highest BCUT2D eigenvalue weighted by Crippen LogP contribution is 2.28. The van der Waals surface area contributed by atoms with E-state index in [1.165, 1.54) is 13.0 Å². The van der Waals surface area contributed by atoms with Gasteiger partial charge in [-0.3, -0.25) is 4.79 Å². The van der Waals surface area contributed by atoms with Crippen molar-refractivity contribution in [1.82, 2.24) is 5.32 Å². The highest BCUT2D eigenvalue weighted by atomic mass is 16.5. The van der Waals surface area contributed by atoms with Gasteiger partial charge in [0.15, 0.2) is 6.61 Å². The average molecular weight is 297 g/mol. The van der Waals surface area contributed by atoms with E-state index in [1.54, 1.807) is 18.2 Å². The first kappa shape index (κ1) is 16.9. The third kappa shape index (κ3) is 5.80. The molecule has 7 nitrogen and oxygen atoms in total. The van der Waals surface area contributed by atoms with Crippen molar-refractivity contribution >= 4 is 11.9 Å². The molecule has 0 radical (unpaired) electrons. The molecule has 0 saturated carbocycles. The van der Waals surface area contributed by atoms with Gasteiger partial charge in [-0.1, -0.05) is 18.2 Å². The van der Waals surface area contributed by atoms with Gasteiger partial charge in [0.2, 0.25) is 5.91 Å². The minimum atomic E-state index is -1.23. The quantitative estimate of drug-likeness (QED) is 0.539. The lowest BCUT2D eigenvalue weighted by Crippen LogP contribution is -2.28. The molecule has 21 heavy (non-hydrogen) atoms. The van der Waals surface area contributed by atoms with Gasteiger partial charge in [-0.05, 0) is 12.5 Å². The van der Waals surface area contributed by atoms with Crippen LogP contribution in [0.1, 0.15) is 25.0 Å². The number of aliphatic hydroxyl groups is 2. The number of ether oxygens (including phenoxy) is 1. The number of hydrogen-bond donors (Lipinski definition) is 4. The van der Waals surface area contributed by atoms with Gasteiger partial charge in [0.25, 0.3) is 0 Å². The van der Waals surface area contributed by atoms with E-state index in [9.17, 15) is 19.8 Å². The summed E-state index contributed by atoms with van der Waals surface area (Å²) in [5.41, 5.74) is 0.300. The summed E-state index contributed by atoms with van der Waals surface area (Å²) in [5, 5.41) is 31.1. The van der Waals surface area contributed by atoms with Crippen LogP contribution in [0.2, 0.25) is 0 Å². The summed E-state index contributed by atoms with van der Waals surface area (Å²) >= 11 is 0. The predicted octanol–water partition coefficient (Wildman–Crippen LogP) is 0.0705. The van der Waals surface area contributed by atoms with Crippen LogP contribution in [0.3, 0.4) is 0 Å². The lowest BCUT2D eigenvalue weighted by atomic mass is 10.0. The van der Waals surface area contributed by atoms with Crippen LogP contribution < -0.4 is 10.1 Å². The van der Waals surface area contributed by atoms with Gasteiger partial charge in [0.05, 0.1) is 6.10 Å². The lowest BCUT2D eigenvalue weighted by Gasteiger charge is -2.20. The van der Waals surface area contributed by atoms with Gasteiger partial charge in [0, 0.05) is 19.0 Å². The van der Waals surface area contributed by atoms with E-state index in [2.05, 4.69) is 5.32 Å². The third-order valence-electron chi connectivity index (χ3n) is 2.77. The minimum absolute atomic E-state index is 0.161. The summed E-state index contributed by atoms with van der Waals surface area (Å²) in [6.07, 6.45) is -2.18. The monoisotopic (exact) mass is 297 g/mol. The van der Waals surface area contributed by atoms with E-state index in [-0.39, 0.29) is 24.6 Å². The molecule has 0 aliphatic heterocycles. The Labute approximate surface area is 122 Å². The number of carboxylic acids is 1. The standard InChI is InChI=1S/C14H19NO6/c1-9(16)15-7-6-11(17)14(20)10-4-2-3-5-12(10)21-8-13(18)19/h2-5,11,14,17,20H,6-8H2,1H3,(H,15,16)(H,18,19). The number of amides is 1. The molecule has 0 bridgehead atoms. The molecule has 0 aliphatic carbocycles. The first-order valence-electron chi connectivity index (χ1n) is 6.46. The van der Waals surface area contributed by atoms with Crippen molar-refractivity contribution in [3.63, 3.8) is 0 Å². The number of aliphatic hydroxyl groups excluding tert-OH is 2. The Kier molecular flexibility index (Phi) is 6.64. The molecule has 4 N–H and O–H groups in total. The first-order valence-corrected chi connectivity index (χ1v) is 6.46. The largest absolute Gasteiger partial charge is 0.482 e. The highest BCUT2D eigenvalue weighted by Gasteiger charge is 2.21. The number of carbonyl (C=O) groups excluding carboxylic acids is 1. The van der Waals surface area contributed by atoms with Gasteiger partial charge >= 0.3 is 5.97 Å². The summed E-state index contributed by atoms with van der Waals surface area (Å²) in [4.78, 5) is 21.3. The number of rotatable bonds is 8. The van der Waals surface area contributed by atoms with Crippen molar-refractivity contribution in [3.05, 3.63) is 29.8 Å². The Morgan fingerprint density at radius 2 is 1.95 bits per heavy atom. The maximum atomic E-state index is 10.7. The topological polar surface area (TPSA) is 116 Å². The average Bonchev–Trinajstić information content (AvgIpc) is 2.44. The SMILES string of the molecule is CC(=O)NCCC(O)C(O)c1ccccc1OCC(=O)O. The fourth-order valence-corrected chi connectivity index (χ4v) is 1.76. The van der Waals surface area contributed by atoms with Crippen LogP contribution in [0.5, 0.6) is 5.75 Å². The highest BCUT2D eigenvalue weighted by molar-refractivity contribution is 5.72. The minimum Gasteiger partial charge on any atom is -0.482 e. The molecule has 0 spiro atoms. The molecular weight excluding hydrogens is 278 g/mol. The zero-order valence-electron chi connectivity index (χ0n) is 11.7. The van der Waals surface area contributed by atoms with Gasteiger partial charge < -0.3 is 25.4 Å². The molecule has 2 atom stereocenters. The molecule has 0 fully saturated rings. The molecule has 116 valence electrons. The lowest BCUT2D eigenvalue weighted by molar-refractivity contribution is -0.139. The van der Waals surface area contributed by atoms with Gasteiger partial charge in [0.1, 0.15) is 11.9 Å². The normalized spacial score (nSPS) is 13.3. The number of para-hydroxylation sites is 1. The number of carbonyl (C=O) groups is 2. The number of hydrogen-bond acceptors (Lipinski definition) is 5. The molecule has 1 amide bonds. The summed E-state index contributed by atoms with van der Waals surface area (Å²) < 4.78 is 5.07. The van der Waals surface area contributed by atoms with Crippen molar-refractivity contribution in [2.45, 2.75) is 25.6 Å². The van der Waals surface area contributed by atoms with Crippen LogP contribution in [0, 0.1) is 0 Å². The van der Waals surface area contributed by atoms with Crippen molar-refractivity contribution in [2.75, 3.05) is 13.2 Å². The number of carboxylic acid groups (broad SMARTS) is 1. The van der Waals surface area contributed by atoms with Crippen LogP contribution >= 0.6 is 0 Å². The second-order valence-corrected chi connectivity index (χ2v) is 4.50. The predicted molar refractivity (Wildman–Crippen MR) is 73.8 cm³/mol. The van der Waals surface area contributed by atoms with Crippen LogP contribution in [-0.2, 0) is 9.59 Å². The molecular formula is C14H19NO6. The van der Waals surface area contributed by atoms with Gasteiger partial charge in [-0.25, -0.2) is 4.79 Å². The van der Waals surface area contributed by atoms with Gasteiger partial charge in [-0.2, -0.15) is 0 Å². The Balaban J connectivity index is 2.69. The molecule has 0 aliphatic rings. The van der Waals surface area contributed by atoms with Crippen LogP contribution in [0.4, 0.5) is 0 Å². The second kappa shape index (κ2) is 8.23. The number of aliphatic carboxylic acids is 1. The molecule has 0 aromatic heterocycles. The third-order valence-corrected chi connectivity index (χ3v) is 2.77. The maximum Gasteiger partial charge on any atom is 0.341 e. The van der Waals surface area contributed by atoms with Crippen molar-refractivity contribution in [3.8, 4) is 5.75 Å². The molecule has 1 aromatic rings. The summed E-state index contributed by atoms with van der Waals surface area (Å²) in [7, 11) is 0. The van der Waals surface area contributed by atoms with E-state index >= 15 is 0 Å². The number of nitrogens with one attached hydrogen (secondary N) is 1. The molecule has 0 heterocycles. The first-order chi connectivity index (χ1) is 9.91. The van der Waals surface area contributed by atoms with Gasteiger partial charge in [-0.15, -0.1) is 0 Å². The second-order valence-electron chi connectivity index (χ2n) is 4.50. The molecule has 1 aromatic carbocycles. The zero-order chi connectivity index (χ0) is 15.8. The fourth-order valence-electron chi connectivity index (χ4n) is 1.76. The van der Waals surface area contributed by atoms with Crippen LogP contribution in [0.15, 0.2) is 24.3 Å². The molecule has 2 unspecified atom stereocenters. The zero-order valence-corrected chi connectivity index (χ0v) is 11.7. The smallest absolute Gasteiger partial charge is 0.341 e. The Bertz CT molecular complexity index is 490. The molecule has 7 heteroatoms. The van der Waals surface area contributed by atoms with Crippen molar-refractivity contribution in [1.29, 1.82) is 0 Å². The summed E-state index contributed by atoms with van der Waals surface area (Å²) in [6, 6.07) is 6.34. The van der Waals surface area contributed by atoms with E-state index in [0.717, 1.165) is 0 Å². The van der Waals surface area contributed by atoms with Crippen molar-refractivity contribution in [2.24, 2.45) is 0 Å². The van der Waals surface area contributed by atoms with E-state index < -0.39 is 24.8 Å². The summed E-state index contributed by atoms with van der Waals surface area (Å²) in [5.74, 6) is -1.15. The van der Waals surface area contributed by atoms with Crippen LogP contribution in [-0.4, -0.2) is 46.5 Å². The van der Waals surface area contributed by atoms with E-state index in [4.69, 9.17) is 9.84 Å². The van der Waals surface area contributed by atoms with E-state index in [1.807, 2.05) is 0 Å². The Hall–Kier alpha value is -2.12. The molecule has 1 rings (SSSR count). The number of benzene rings is 1. The fraction of sp³-hybridized carbons (Fsp3) is 0.429. The van der Waals surface area contributed by atoms with Crippen molar-refractivity contribution < 1.29 is 29.6 Å². The van der Waals surface area contributed by atoms with Crippen LogP contribution in [0.25, 0.3) is 0 Å². The Morgan fingerprint density at radius 1 is 1.29 bits per heavy atom.